The fraction of sp³-hybridized carbons (Fsp3) is 0.200. The van der Waals surface area contributed by atoms with E-state index in [1.807, 2.05) is 19.9 Å². The van der Waals surface area contributed by atoms with Crippen molar-refractivity contribution in [1.82, 2.24) is 0 Å². The summed E-state index contributed by atoms with van der Waals surface area (Å²) in [5, 5.41) is 0. The zero-order valence-corrected chi connectivity index (χ0v) is 12.2. The van der Waals surface area contributed by atoms with Gasteiger partial charge in [0.1, 0.15) is 10.6 Å². The van der Waals surface area contributed by atoms with Crippen molar-refractivity contribution in [3.63, 3.8) is 0 Å². The van der Waals surface area contributed by atoms with Gasteiger partial charge in [0.25, 0.3) is 0 Å². The predicted octanol–water partition coefficient (Wildman–Crippen LogP) is 2.78. The Balaban J connectivity index is 2.28. The van der Waals surface area contributed by atoms with Crippen LogP contribution in [-0.2, 0) is 10.1 Å². The van der Waals surface area contributed by atoms with Gasteiger partial charge in [-0.05, 0) is 43.7 Å². The maximum absolute atomic E-state index is 12.1. The highest BCUT2D eigenvalue weighted by Gasteiger charge is 2.16. The Hall–Kier alpha value is -1.85. The Labute approximate surface area is 119 Å². The first kappa shape index (κ1) is 14.6. The third-order valence-corrected chi connectivity index (χ3v) is 4.16. The van der Waals surface area contributed by atoms with Crippen molar-refractivity contribution in [1.29, 1.82) is 0 Å². The molecule has 5 heteroatoms. The number of nitrogens with two attached hydrogens (primary N) is 1. The maximum Gasteiger partial charge on any atom is 0.339 e. The van der Waals surface area contributed by atoms with Gasteiger partial charge in [-0.2, -0.15) is 8.42 Å². The van der Waals surface area contributed by atoms with Gasteiger partial charge in [-0.25, -0.2) is 0 Å². The van der Waals surface area contributed by atoms with E-state index in [4.69, 9.17) is 9.92 Å². The van der Waals surface area contributed by atoms with E-state index in [1.54, 1.807) is 30.3 Å². The van der Waals surface area contributed by atoms with E-state index in [0.717, 1.165) is 11.1 Å². The van der Waals surface area contributed by atoms with Crippen molar-refractivity contribution in [2.45, 2.75) is 24.8 Å². The van der Waals surface area contributed by atoms with Crippen molar-refractivity contribution >= 4 is 10.1 Å². The van der Waals surface area contributed by atoms with E-state index in [0.29, 0.717) is 0 Å². The Kier molecular flexibility index (Phi) is 4.11. The highest BCUT2D eigenvalue weighted by atomic mass is 32.2. The Morgan fingerprint density at radius 1 is 1.10 bits per heavy atom. The fourth-order valence-corrected chi connectivity index (χ4v) is 2.65. The second kappa shape index (κ2) is 5.64. The topological polar surface area (TPSA) is 69.4 Å². The van der Waals surface area contributed by atoms with Gasteiger partial charge in [-0.3, -0.25) is 0 Å². The molecule has 0 bridgehead atoms. The second-order valence-corrected chi connectivity index (χ2v) is 6.26. The number of benzene rings is 2. The summed E-state index contributed by atoms with van der Waals surface area (Å²) in [5.74, 6) is 0.264. The molecule has 0 spiro atoms. The Morgan fingerprint density at radius 3 is 2.35 bits per heavy atom. The zero-order chi connectivity index (χ0) is 14.8. The van der Waals surface area contributed by atoms with Gasteiger partial charge in [0.15, 0.2) is 0 Å². The van der Waals surface area contributed by atoms with Crippen LogP contribution in [0.4, 0.5) is 0 Å². The lowest BCUT2D eigenvalue weighted by molar-refractivity contribution is 0.485. The number of hydrogen-bond acceptors (Lipinski definition) is 4. The molecule has 2 aromatic rings. The SMILES string of the molecule is Cc1ccc(S(=O)(=O)Oc2cccc(C(C)N)c2)cc1. The molecular formula is C15H17NO3S. The van der Waals surface area contributed by atoms with Crippen LogP contribution in [-0.4, -0.2) is 8.42 Å². The average Bonchev–Trinajstić information content (AvgIpc) is 2.39. The molecule has 0 aliphatic carbocycles. The summed E-state index contributed by atoms with van der Waals surface area (Å²) in [4.78, 5) is 0.134. The molecule has 2 aromatic carbocycles. The van der Waals surface area contributed by atoms with Gasteiger partial charge in [-0.15, -0.1) is 0 Å². The monoisotopic (exact) mass is 291 g/mol. The van der Waals surface area contributed by atoms with Crippen molar-refractivity contribution in [2.24, 2.45) is 5.73 Å². The molecule has 0 heterocycles. The molecule has 0 amide bonds. The molecule has 0 aromatic heterocycles. The van der Waals surface area contributed by atoms with E-state index >= 15 is 0 Å². The molecule has 0 fully saturated rings. The van der Waals surface area contributed by atoms with E-state index < -0.39 is 10.1 Å². The Bertz CT molecular complexity index is 691. The lowest BCUT2D eigenvalue weighted by Crippen LogP contribution is -2.10. The molecule has 20 heavy (non-hydrogen) atoms. The minimum atomic E-state index is -3.81. The quantitative estimate of drug-likeness (QED) is 0.879. The van der Waals surface area contributed by atoms with E-state index in [-0.39, 0.29) is 16.7 Å². The summed E-state index contributed by atoms with van der Waals surface area (Å²) in [7, 11) is -3.81. The minimum Gasteiger partial charge on any atom is -0.379 e. The van der Waals surface area contributed by atoms with Gasteiger partial charge in [-0.1, -0.05) is 29.8 Å². The molecule has 4 nitrogen and oxygen atoms in total. The molecule has 0 radical (unpaired) electrons. The lowest BCUT2D eigenvalue weighted by atomic mass is 10.1. The maximum atomic E-state index is 12.1. The van der Waals surface area contributed by atoms with Crippen LogP contribution < -0.4 is 9.92 Å². The first-order chi connectivity index (χ1) is 9.38. The molecule has 106 valence electrons. The van der Waals surface area contributed by atoms with Crippen LogP contribution in [0, 0.1) is 6.92 Å². The fourth-order valence-electron chi connectivity index (χ4n) is 1.73. The zero-order valence-electron chi connectivity index (χ0n) is 11.4. The number of hydrogen-bond donors (Lipinski definition) is 1. The lowest BCUT2D eigenvalue weighted by Gasteiger charge is -2.10. The molecule has 0 saturated carbocycles. The van der Waals surface area contributed by atoms with Crippen LogP contribution in [0.2, 0.25) is 0 Å². The van der Waals surface area contributed by atoms with Crippen molar-refractivity contribution in [3.8, 4) is 5.75 Å². The van der Waals surface area contributed by atoms with Gasteiger partial charge in [0.05, 0.1) is 0 Å². The average molecular weight is 291 g/mol. The van der Waals surface area contributed by atoms with Gasteiger partial charge in [0.2, 0.25) is 0 Å². The first-order valence-electron chi connectivity index (χ1n) is 6.25. The standard InChI is InChI=1S/C15H17NO3S/c1-11-6-8-15(9-7-11)20(17,18)19-14-5-3-4-13(10-14)12(2)16/h3-10,12H,16H2,1-2H3. The summed E-state index contributed by atoms with van der Waals surface area (Å²) in [6.45, 7) is 3.72. The predicted molar refractivity (Wildman–Crippen MR) is 78.0 cm³/mol. The van der Waals surface area contributed by atoms with Crippen LogP contribution in [0.25, 0.3) is 0 Å². The molecular weight excluding hydrogens is 274 g/mol. The molecule has 2 rings (SSSR count). The highest BCUT2D eigenvalue weighted by molar-refractivity contribution is 7.87. The normalized spacial score (nSPS) is 12.9. The summed E-state index contributed by atoms with van der Waals surface area (Å²) in [6.07, 6.45) is 0. The van der Waals surface area contributed by atoms with Gasteiger partial charge in [0, 0.05) is 6.04 Å². The van der Waals surface area contributed by atoms with Crippen LogP contribution >= 0.6 is 0 Å². The third-order valence-electron chi connectivity index (χ3n) is 2.90. The highest BCUT2D eigenvalue weighted by Crippen LogP contribution is 2.22. The Morgan fingerprint density at radius 2 is 1.75 bits per heavy atom. The third kappa shape index (κ3) is 3.37. The van der Waals surface area contributed by atoms with Crippen LogP contribution in [0.3, 0.4) is 0 Å². The molecule has 1 unspecified atom stereocenters. The molecule has 0 saturated heterocycles. The summed E-state index contributed by atoms with van der Waals surface area (Å²) in [6, 6.07) is 13.1. The van der Waals surface area contributed by atoms with Crippen molar-refractivity contribution in [2.75, 3.05) is 0 Å². The molecule has 0 aliphatic heterocycles. The number of aryl methyl sites for hydroxylation is 1. The molecule has 1 atom stereocenters. The minimum absolute atomic E-state index is 0.134. The first-order valence-corrected chi connectivity index (χ1v) is 7.66. The molecule has 2 N–H and O–H groups in total. The van der Waals surface area contributed by atoms with E-state index in [9.17, 15) is 8.42 Å². The van der Waals surface area contributed by atoms with Crippen LogP contribution in [0.1, 0.15) is 24.1 Å². The van der Waals surface area contributed by atoms with E-state index in [1.165, 1.54) is 12.1 Å². The summed E-state index contributed by atoms with van der Waals surface area (Å²) < 4.78 is 29.4. The van der Waals surface area contributed by atoms with Crippen LogP contribution in [0.5, 0.6) is 5.75 Å². The molecule has 0 aliphatic rings. The number of rotatable bonds is 4. The van der Waals surface area contributed by atoms with Gasteiger partial charge < -0.3 is 9.92 Å². The summed E-state index contributed by atoms with van der Waals surface area (Å²) in [5.41, 5.74) is 7.58. The van der Waals surface area contributed by atoms with Crippen LogP contribution in [0.15, 0.2) is 53.4 Å². The van der Waals surface area contributed by atoms with Crippen molar-refractivity contribution in [3.05, 3.63) is 59.7 Å². The largest absolute Gasteiger partial charge is 0.379 e. The van der Waals surface area contributed by atoms with Gasteiger partial charge >= 0.3 is 10.1 Å². The van der Waals surface area contributed by atoms with E-state index in [2.05, 4.69) is 0 Å². The summed E-state index contributed by atoms with van der Waals surface area (Å²) >= 11 is 0. The van der Waals surface area contributed by atoms with Crippen molar-refractivity contribution < 1.29 is 12.6 Å². The second-order valence-electron chi connectivity index (χ2n) is 4.71. The smallest absolute Gasteiger partial charge is 0.339 e.